The lowest BCUT2D eigenvalue weighted by Crippen LogP contribution is -2.24. The molecule has 0 heterocycles. The lowest BCUT2D eigenvalue weighted by atomic mass is 10.0. The van der Waals surface area contributed by atoms with E-state index in [4.69, 9.17) is 33.7 Å². The Balaban J connectivity index is 1.75. The van der Waals surface area contributed by atoms with E-state index in [1.807, 2.05) is 42.5 Å². The minimum atomic E-state index is -0.353. The Bertz CT molecular complexity index is 927. The first-order chi connectivity index (χ1) is 12.6. The summed E-state index contributed by atoms with van der Waals surface area (Å²) >= 11 is 12.0. The van der Waals surface area contributed by atoms with Gasteiger partial charge in [0, 0.05) is 6.42 Å². The van der Waals surface area contributed by atoms with Gasteiger partial charge >= 0.3 is 5.97 Å². The number of nitrogens with two attached hydrogens (primary N) is 1. The largest absolute Gasteiger partial charge is 0.458 e. The second kappa shape index (κ2) is 8.54. The van der Waals surface area contributed by atoms with Crippen LogP contribution in [-0.2, 0) is 11.2 Å². The predicted molar refractivity (Wildman–Crippen MR) is 107 cm³/mol. The molecule has 0 unspecified atom stereocenters. The van der Waals surface area contributed by atoms with Crippen LogP contribution in [0.5, 0.6) is 0 Å². The quantitative estimate of drug-likeness (QED) is 0.586. The first kappa shape index (κ1) is 18.7. The van der Waals surface area contributed by atoms with Gasteiger partial charge in [-0.05, 0) is 53.6 Å². The molecule has 0 saturated carbocycles. The molecule has 3 aromatic rings. The van der Waals surface area contributed by atoms with Crippen molar-refractivity contribution in [3.63, 3.8) is 0 Å². The van der Waals surface area contributed by atoms with Crippen molar-refractivity contribution in [2.75, 3.05) is 6.54 Å². The van der Waals surface area contributed by atoms with Crippen LogP contribution in [0, 0.1) is 0 Å². The Morgan fingerprint density at radius 3 is 2.46 bits per heavy atom. The van der Waals surface area contributed by atoms with Crippen molar-refractivity contribution in [2.24, 2.45) is 5.73 Å². The number of halogens is 2. The number of ether oxygens (including phenoxy) is 1. The molecule has 0 spiro atoms. The fourth-order valence-electron chi connectivity index (χ4n) is 2.85. The van der Waals surface area contributed by atoms with Crippen molar-refractivity contribution in [1.82, 2.24) is 0 Å². The topological polar surface area (TPSA) is 52.3 Å². The molecule has 3 aromatic carbocycles. The zero-order chi connectivity index (χ0) is 18.5. The number of benzene rings is 3. The minimum Gasteiger partial charge on any atom is -0.458 e. The Kier molecular flexibility index (Phi) is 6.15. The standard InChI is InChI=1S/C21H19Cl2NO2/c22-19-8-5-14(12-20(19)23)11-18(9-10-24)26-21(25)17-7-6-15-3-1-2-4-16(15)13-17/h1-8,12-13,18H,9-11,24H2/t18-/m1/s1. The smallest absolute Gasteiger partial charge is 0.338 e. The maximum atomic E-state index is 12.6. The summed E-state index contributed by atoms with van der Waals surface area (Å²) < 4.78 is 5.70. The fraction of sp³-hybridized carbons (Fsp3) is 0.190. The Hall–Kier alpha value is -2.07. The number of esters is 1. The van der Waals surface area contributed by atoms with Gasteiger partial charge in [-0.15, -0.1) is 0 Å². The molecule has 0 fully saturated rings. The zero-order valence-electron chi connectivity index (χ0n) is 14.1. The zero-order valence-corrected chi connectivity index (χ0v) is 15.6. The van der Waals surface area contributed by atoms with E-state index in [-0.39, 0.29) is 12.1 Å². The van der Waals surface area contributed by atoms with Gasteiger partial charge in [0.25, 0.3) is 0 Å². The summed E-state index contributed by atoms with van der Waals surface area (Å²) in [6.07, 6.45) is 0.781. The Morgan fingerprint density at radius 1 is 0.962 bits per heavy atom. The summed E-state index contributed by atoms with van der Waals surface area (Å²) in [5.41, 5.74) is 7.16. The van der Waals surface area contributed by atoms with E-state index in [0.29, 0.717) is 35.0 Å². The van der Waals surface area contributed by atoms with Crippen molar-refractivity contribution in [3.05, 3.63) is 81.8 Å². The molecule has 0 amide bonds. The normalized spacial score (nSPS) is 12.1. The van der Waals surface area contributed by atoms with Crippen LogP contribution < -0.4 is 5.73 Å². The lowest BCUT2D eigenvalue weighted by molar-refractivity contribution is 0.0289. The van der Waals surface area contributed by atoms with E-state index in [1.54, 1.807) is 18.2 Å². The number of hydrogen-bond acceptors (Lipinski definition) is 3. The van der Waals surface area contributed by atoms with Gasteiger partial charge in [0.15, 0.2) is 0 Å². The van der Waals surface area contributed by atoms with Crippen molar-refractivity contribution in [2.45, 2.75) is 18.9 Å². The van der Waals surface area contributed by atoms with Crippen molar-refractivity contribution in [3.8, 4) is 0 Å². The number of hydrogen-bond donors (Lipinski definition) is 1. The minimum absolute atomic E-state index is 0.323. The molecule has 26 heavy (non-hydrogen) atoms. The van der Waals surface area contributed by atoms with E-state index >= 15 is 0 Å². The van der Waals surface area contributed by atoms with E-state index in [2.05, 4.69) is 0 Å². The van der Waals surface area contributed by atoms with E-state index in [0.717, 1.165) is 16.3 Å². The third-order valence-electron chi connectivity index (χ3n) is 4.19. The molecule has 134 valence electrons. The summed E-state index contributed by atoms with van der Waals surface area (Å²) in [6.45, 7) is 0.428. The van der Waals surface area contributed by atoms with Gasteiger partial charge < -0.3 is 10.5 Å². The van der Waals surface area contributed by atoms with Crippen LogP contribution in [0.1, 0.15) is 22.3 Å². The molecular weight excluding hydrogens is 369 g/mol. The van der Waals surface area contributed by atoms with Crippen molar-refractivity contribution < 1.29 is 9.53 Å². The van der Waals surface area contributed by atoms with Gasteiger partial charge in [-0.3, -0.25) is 0 Å². The van der Waals surface area contributed by atoms with Gasteiger partial charge in [-0.2, -0.15) is 0 Å². The highest BCUT2D eigenvalue weighted by Gasteiger charge is 2.17. The van der Waals surface area contributed by atoms with E-state index < -0.39 is 0 Å². The second-order valence-electron chi connectivity index (χ2n) is 6.12. The first-order valence-electron chi connectivity index (χ1n) is 8.40. The lowest BCUT2D eigenvalue weighted by Gasteiger charge is -2.18. The summed E-state index contributed by atoms with van der Waals surface area (Å²) in [6, 6.07) is 18.8. The molecule has 0 aliphatic rings. The third kappa shape index (κ3) is 4.55. The van der Waals surface area contributed by atoms with Crippen LogP contribution in [0.2, 0.25) is 10.0 Å². The highest BCUT2D eigenvalue weighted by molar-refractivity contribution is 6.42. The molecule has 0 radical (unpaired) electrons. The van der Waals surface area contributed by atoms with Gasteiger partial charge in [0.2, 0.25) is 0 Å². The molecule has 0 saturated heterocycles. The van der Waals surface area contributed by atoms with Gasteiger partial charge in [0.1, 0.15) is 6.10 Å². The Labute approximate surface area is 162 Å². The second-order valence-corrected chi connectivity index (χ2v) is 6.93. The van der Waals surface area contributed by atoms with Crippen LogP contribution in [-0.4, -0.2) is 18.6 Å². The molecule has 2 N–H and O–H groups in total. The molecular formula is C21H19Cl2NO2. The molecule has 0 aromatic heterocycles. The van der Waals surface area contributed by atoms with E-state index in [9.17, 15) is 4.79 Å². The monoisotopic (exact) mass is 387 g/mol. The maximum absolute atomic E-state index is 12.6. The van der Waals surface area contributed by atoms with Crippen molar-refractivity contribution in [1.29, 1.82) is 0 Å². The molecule has 3 rings (SSSR count). The number of fused-ring (bicyclic) bond motifs is 1. The predicted octanol–water partition coefficient (Wildman–Crippen LogP) is 5.26. The summed E-state index contributed by atoms with van der Waals surface area (Å²) in [7, 11) is 0. The number of rotatable bonds is 6. The molecule has 5 heteroatoms. The highest BCUT2D eigenvalue weighted by atomic mass is 35.5. The Morgan fingerprint density at radius 2 is 1.73 bits per heavy atom. The number of carbonyl (C=O) groups excluding carboxylic acids is 1. The maximum Gasteiger partial charge on any atom is 0.338 e. The van der Waals surface area contributed by atoms with Gasteiger partial charge in [-0.1, -0.05) is 59.6 Å². The van der Waals surface area contributed by atoms with Crippen LogP contribution in [0.4, 0.5) is 0 Å². The average molecular weight is 388 g/mol. The SMILES string of the molecule is NCC[C@H](Cc1ccc(Cl)c(Cl)c1)OC(=O)c1ccc2ccccc2c1. The molecule has 1 atom stereocenters. The van der Waals surface area contributed by atoms with Crippen molar-refractivity contribution >= 4 is 39.9 Å². The van der Waals surface area contributed by atoms with Gasteiger partial charge in [-0.25, -0.2) is 4.79 Å². The summed E-state index contributed by atoms with van der Waals surface area (Å²) in [5, 5.41) is 3.07. The highest BCUT2D eigenvalue weighted by Crippen LogP contribution is 2.24. The summed E-state index contributed by atoms with van der Waals surface area (Å²) in [5.74, 6) is -0.353. The summed E-state index contributed by atoms with van der Waals surface area (Å²) in [4.78, 5) is 12.6. The van der Waals surface area contributed by atoms with Gasteiger partial charge in [0.05, 0.1) is 15.6 Å². The number of carbonyl (C=O) groups is 1. The van der Waals surface area contributed by atoms with Crippen LogP contribution in [0.15, 0.2) is 60.7 Å². The molecule has 0 aliphatic carbocycles. The first-order valence-corrected chi connectivity index (χ1v) is 9.16. The molecule has 3 nitrogen and oxygen atoms in total. The van der Waals surface area contributed by atoms with Crippen LogP contribution >= 0.6 is 23.2 Å². The van der Waals surface area contributed by atoms with E-state index in [1.165, 1.54) is 0 Å². The van der Waals surface area contributed by atoms with Crippen LogP contribution in [0.3, 0.4) is 0 Å². The fourth-order valence-corrected chi connectivity index (χ4v) is 3.17. The van der Waals surface area contributed by atoms with Crippen LogP contribution in [0.25, 0.3) is 10.8 Å². The molecule has 0 bridgehead atoms. The third-order valence-corrected chi connectivity index (χ3v) is 4.93. The molecule has 0 aliphatic heterocycles. The average Bonchev–Trinajstić information content (AvgIpc) is 2.64.